The molecule has 0 radical (unpaired) electrons. The molecule has 7 atom stereocenters. The normalized spacial score (nSPS) is 20.8. The summed E-state index contributed by atoms with van der Waals surface area (Å²) in [4.78, 5) is 117. The molecule has 0 bridgehead atoms. The van der Waals surface area contributed by atoms with E-state index in [2.05, 4.69) is 33.2 Å². The van der Waals surface area contributed by atoms with Crippen molar-refractivity contribution in [3.05, 3.63) is 18.7 Å². The number of nitrogens with zero attached hydrogens (tertiary/aromatic N) is 4. The lowest BCUT2D eigenvalue weighted by Crippen LogP contribution is -2.60. The molecule has 2 saturated heterocycles. The summed E-state index contributed by atoms with van der Waals surface area (Å²) in [6.07, 6.45) is 12.6. The second-order valence-corrected chi connectivity index (χ2v) is 15.7. The molecular weight excluding hydrogens is 752 g/mol. The predicted molar refractivity (Wildman–Crippen MR) is 208 cm³/mol. The van der Waals surface area contributed by atoms with E-state index < -0.39 is 65.8 Å². The largest absolute Gasteiger partial charge is 0.391 e. The maximum atomic E-state index is 14.3. The lowest BCUT2D eigenvalue weighted by atomic mass is 9.79. The number of hydrogen-bond acceptors (Lipinski definition) is 11. The fraction of sp³-hybridized carbons (Fsp3) is 0.725. The average Bonchev–Trinajstić information content (AvgIpc) is 3.94. The number of amides is 6. The molecule has 0 spiro atoms. The van der Waals surface area contributed by atoms with Crippen LogP contribution in [0.2, 0.25) is 0 Å². The first kappa shape index (κ1) is 47.4. The Hall–Kier alpha value is -4.96. The molecule has 1 aromatic heterocycles. The summed E-state index contributed by atoms with van der Waals surface area (Å²) >= 11 is 0. The average molecular weight is 815 g/mol. The summed E-state index contributed by atoms with van der Waals surface area (Å²) in [6, 6.07) is -5.07. The number of aliphatic hydroxyl groups excluding tert-OH is 1. The van der Waals surface area contributed by atoms with Crippen molar-refractivity contribution >= 4 is 47.5 Å². The highest BCUT2D eigenvalue weighted by Crippen LogP contribution is 2.31. The summed E-state index contributed by atoms with van der Waals surface area (Å²) in [6.45, 7) is 7.80. The zero-order valence-electron chi connectivity index (χ0n) is 34.3. The minimum Gasteiger partial charge on any atom is -0.391 e. The molecule has 0 aromatic carbocycles. The molecule has 18 heteroatoms. The molecule has 5 N–H and O–H groups in total. The van der Waals surface area contributed by atoms with Crippen LogP contribution in [0.1, 0.15) is 122 Å². The van der Waals surface area contributed by atoms with E-state index in [1.54, 1.807) is 0 Å². The number of carbonyl (C=O) groups excluding carboxylic acids is 9. The van der Waals surface area contributed by atoms with Crippen molar-refractivity contribution in [2.75, 3.05) is 19.6 Å². The number of likely N-dealkylation sites (tertiary alicyclic amines) is 2. The molecule has 2 aliphatic heterocycles. The van der Waals surface area contributed by atoms with E-state index in [9.17, 15) is 38.7 Å². The second-order valence-electron chi connectivity index (χ2n) is 15.7. The van der Waals surface area contributed by atoms with Crippen LogP contribution in [0.4, 0.5) is 0 Å². The van der Waals surface area contributed by atoms with Gasteiger partial charge in [0.05, 0.1) is 6.10 Å². The molecule has 1 aromatic rings. The minimum atomic E-state index is -1.19. The van der Waals surface area contributed by atoms with Gasteiger partial charge in [-0.3, -0.25) is 38.1 Å². The van der Waals surface area contributed by atoms with Crippen LogP contribution in [-0.4, -0.2) is 128 Å². The highest BCUT2D eigenvalue weighted by molar-refractivity contribution is 5.97. The Morgan fingerprint density at radius 1 is 0.810 bits per heavy atom. The SMILES string of the molecule is CCCNC(=O)[C@@H](NC(=O)[C@@H]1CCCN1C(=O)[C@H](C)NC(=O)[C@@H]1CCCCN1C(=O)[C@H](CCC(=O)n1ccnc1)NC(=O)C[C@H](C)C1CCCCC1)[C@@H](C)O.O=C=O. The molecule has 3 heterocycles. The van der Waals surface area contributed by atoms with E-state index in [0.29, 0.717) is 51.0 Å². The first-order valence-electron chi connectivity index (χ1n) is 20.7. The Balaban J connectivity index is 0.00000291. The maximum absolute atomic E-state index is 14.3. The van der Waals surface area contributed by atoms with Crippen LogP contribution < -0.4 is 21.3 Å². The summed E-state index contributed by atoms with van der Waals surface area (Å²) in [5.74, 6) is -2.53. The summed E-state index contributed by atoms with van der Waals surface area (Å²) < 4.78 is 1.33. The quantitative estimate of drug-likeness (QED) is 0.149. The molecule has 322 valence electrons. The number of imidazole rings is 1. The van der Waals surface area contributed by atoms with Gasteiger partial charge in [0.1, 0.15) is 36.5 Å². The Morgan fingerprint density at radius 3 is 2.03 bits per heavy atom. The smallest absolute Gasteiger partial charge is 0.373 e. The molecule has 3 fully saturated rings. The van der Waals surface area contributed by atoms with Gasteiger partial charge < -0.3 is 36.2 Å². The number of rotatable bonds is 17. The number of nitrogens with one attached hydrogen (secondary N) is 4. The third-order valence-corrected chi connectivity index (χ3v) is 11.3. The van der Waals surface area contributed by atoms with Gasteiger partial charge >= 0.3 is 6.15 Å². The van der Waals surface area contributed by atoms with Crippen molar-refractivity contribution in [2.45, 2.75) is 154 Å². The Labute approximate surface area is 340 Å². The van der Waals surface area contributed by atoms with Crippen LogP contribution in [0.15, 0.2) is 18.7 Å². The van der Waals surface area contributed by atoms with Gasteiger partial charge in [-0.15, -0.1) is 0 Å². The molecule has 1 aliphatic carbocycles. The Kier molecular flexibility index (Phi) is 19.7. The van der Waals surface area contributed by atoms with Crippen LogP contribution in [0.5, 0.6) is 0 Å². The fourth-order valence-electron chi connectivity index (χ4n) is 8.08. The molecule has 4 rings (SSSR count). The molecule has 18 nitrogen and oxygen atoms in total. The highest BCUT2D eigenvalue weighted by Gasteiger charge is 2.41. The van der Waals surface area contributed by atoms with E-state index in [-0.39, 0.29) is 56.2 Å². The van der Waals surface area contributed by atoms with Gasteiger partial charge in [0.25, 0.3) is 0 Å². The van der Waals surface area contributed by atoms with E-state index in [1.165, 1.54) is 53.4 Å². The summed E-state index contributed by atoms with van der Waals surface area (Å²) in [5.41, 5.74) is 0. The molecule has 0 unspecified atom stereocenters. The second kappa shape index (κ2) is 24.1. The van der Waals surface area contributed by atoms with Gasteiger partial charge in [-0.05, 0) is 70.6 Å². The van der Waals surface area contributed by atoms with Crippen molar-refractivity contribution in [2.24, 2.45) is 11.8 Å². The van der Waals surface area contributed by atoms with Gasteiger partial charge in [-0.25, -0.2) is 4.98 Å². The Bertz CT molecular complexity index is 1570. The molecule has 1 saturated carbocycles. The van der Waals surface area contributed by atoms with Crippen LogP contribution in [0.3, 0.4) is 0 Å². The van der Waals surface area contributed by atoms with Crippen LogP contribution >= 0.6 is 0 Å². The fourth-order valence-corrected chi connectivity index (χ4v) is 8.08. The van der Waals surface area contributed by atoms with Gasteiger partial charge in [0.2, 0.25) is 41.4 Å². The number of hydrogen-bond donors (Lipinski definition) is 5. The van der Waals surface area contributed by atoms with E-state index in [0.717, 1.165) is 25.7 Å². The first-order chi connectivity index (χ1) is 27.7. The van der Waals surface area contributed by atoms with Crippen molar-refractivity contribution in [3.63, 3.8) is 0 Å². The van der Waals surface area contributed by atoms with Gasteiger partial charge in [0.15, 0.2) is 0 Å². The van der Waals surface area contributed by atoms with Crippen LogP contribution in [0.25, 0.3) is 0 Å². The third kappa shape index (κ3) is 13.9. The van der Waals surface area contributed by atoms with Crippen LogP contribution in [0, 0.1) is 11.8 Å². The Morgan fingerprint density at radius 2 is 1.41 bits per heavy atom. The van der Waals surface area contributed by atoms with Crippen molar-refractivity contribution in [3.8, 4) is 0 Å². The number of carbonyl (C=O) groups is 7. The number of aliphatic hydroxyl groups is 1. The van der Waals surface area contributed by atoms with E-state index in [1.807, 2.05) is 6.92 Å². The number of aromatic nitrogens is 2. The first-order valence-corrected chi connectivity index (χ1v) is 20.7. The van der Waals surface area contributed by atoms with Crippen molar-refractivity contribution < 1.29 is 48.3 Å². The van der Waals surface area contributed by atoms with E-state index >= 15 is 0 Å². The standard InChI is InChI=1S/C39H62N8O8.CO2/c1-5-18-41-37(53)34(27(4)48)44-36(52)31-15-11-21-46(31)38(54)26(3)42-35(51)30-14-9-10-20-47(30)39(55)29(16-17-33(50)45-22-19-40-24-45)43-32(49)23-25(2)28-12-7-6-8-13-28;2-1-3/h19,22,24-31,34,48H,5-18,20-21,23H2,1-4H3,(H,41,53)(H,42,51)(H,43,49)(H,44,52);/t25-,26-,27+,29-,30-,31-,34-;/m0./s1. The summed E-state index contributed by atoms with van der Waals surface area (Å²) in [5, 5.41) is 21.2. The van der Waals surface area contributed by atoms with E-state index in [4.69, 9.17) is 9.59 Å². The van der Waals surface area contributed by atoms with Crippen molar-refractivity contribution in [1.29, 1.82) is 0 Å². The summed E-state index contributed by atoms with van der Waals surface area (Å²) in [7, 11) is 0. The molecule has 6 amide bonds. The molecule has 58 heavy (non-hydrogen) atoms. The van der Waals surface area contributed by atoms with Gasteiger partial charge in [-0.1, -0.05) is 46.0 Å². The monoisotopic (exact) mass is 814 g/mol. The maximum Gasteiger partial charge on any atom is 0.373 e. The third-order valence-electron chi connectivity index (χ3n) is 11.3. The predicted octanol–water partition coefficient (Wildman–Crippen LogP) is 1.08. The molecule has 3 aliphatic rings. The zero-order chi connectivity index (χ0) is 42.8. The lowest BCUT2D eigenvalue weighted by molar-refractivity contribution is -0.191. The number of piperidine rings is 1. The van der Waals surface area contributed by atoms with Gasteiger partial charge in [0, 0.05) is 44.9 Å². The van der Waals surface area contributed by atoms with Crippen molar-refractivity contribution in [1.82, 2.24) is 40.6 Å². The van der Waals surface area contributed by atoms with Crippen LogP contribution in [-0.2, 0) is 38.4 Å². The minimum absolute atomic E-state index is 0.0343. The molecular formula is C40H62N8O10. The zero-order valence-corrected chi connectivity index (χ0v) is 34.3. The lowest BCUT2D eigenvalue weighted by Gasteiger charge is -2.38. The highest BCUT2D eigenvalue weighted by atomic mass is 16.3. The van der Waals surface area contributed by atoms with Gasteiger partial charge in [-0.2, -0.15) is 9.59 Å². The topological polar surface area (TPSA) is 246 Å².